The smallest absolute Gasteiger partial charge is 0.674 e. The van der Waals surface area contributed by atoms with Crippen LogP contribution < -0.4 is 5.32 Å². The first-order valence-corrected chi connectivity index (χ1v) is 17.3. The Labute approximate surface area is 333 Å². The van der Waals surface area contributed by atoms with E-state index in [1.165, 1.54) is 22.3 Å². The standard InChI is InChI=1S/C26H33N4.3C7H7.Zr/c1-17-18(2)24(30-26(7,8)22-14-10-12-16-28-22)20(4)19(3)23(17)29-25(5,6)21-13-9-11-15-27-21;3*1-7-5-3-2-4-6-7;/h9-16,29H,1-8H3;3*2-6H,1H2;/q4*-1;+4. The summed E-state index contributed by atoms with van der Waals surface area (Å²) in [6.07, 6.45) is 3.67. The molecule has 0 bridgehead atoms. The van der Waals surface area contributed by atoms with E-state index < -0.39 is 5.54 Å². The van der Waals surface area contributed by atoms with Gasteiger partial charge in [-0.1, -0.05) is 60.8 Å². The summed E-state index contributed by atoms with van der Waals surface area (Å²) in [5, 5.41) is 8.93. The minimum Gasteiger partial charge on any atom is -0.674 e. The van der Waals surface area contributed by atoms with Gasteiger partial charge in [0.05, 0.1) is 11.2 Å². The summed E-state index contributed by atoms with van der Waals surface area (Å²) in [5.41, 5.74) is 11.6. The molecule has 0 aliphatic carbocycles. The monoisotopic (exact) mass is 764 g/mol. The van der Waals surface area contributed by atoms with Crippen LogP contribution in [0.5, 0.6) is 0 Å². The summed E-state index contributed by atoms with van der Waals surface area (Å²) < 4.78 is 0. The molecule has 0 aliphatic heterocycles. The van der Waals surface area contributed by atoms with E-state index >= 15 is 0 Å². The topological polar surface area (TPSA) is 51.9 Å². The van der Waals surface area contributed by atoms with E-state index in [0.29, 0.717) is 0 Å². The van der Waals surface area contributed by atoms with Crippen molar-refractivity contribution >= 4 is 11.4 Å². The molecule has 0 amide bonds. The Bertz CT molecular complexity index is 1670. The zero-order chi connectivity index (χ0) is 37.4. The van der Waals surface area contributed by atoms with E-state index in [0.717, 1.165) is 39.5 Å². The molecular formula is C47H54N4Zr. The molecule has 4 nitrogen and oxygen atoms in total. The van der Waals surface area contributed by atoms with Gasteiger partial charge in [0.25, 0.3) is 0 Å². The fraction of sp³-hybridized carbons (Fsp3) is 0.213. The molecule has 5 heteroatoms. The van der Waals surface area contributed by atoms with Gasteiger partial charge in [-0.2, -0.15) is 73.9 Å². The molecule has 0 atom stereocenters. The number of benzene rings is 4. The van der Waals surface area contributed by atoms with Crippen molar-refractivity contribution in [2.24, 2.45) is 0 Å². The molecule has 1 N–H and O–H groups in total. The molecule has 0 aliphatic rings. The maximum Gasteiger partial charge on any atom is 4.00 e. The van der Waals surface area contributed by atoms with E-state index in [-0.39, 0.29) is 31.7 Å². The number of hydrogen-bond donors (Lipinski definition) is 1. The summed E-state index contributed by atoms with van der Waals surface area (Å²) in [5.74, 6) is 0. The number of rotatable bonds is 6. The zero-order valence-corrected chi connectivity index (χ0v) is 34.7. The minimum absolute atomic E-state index is 0. The molecule has 0 spiro atoms. The Balaban J connectivity index is 0.000000339. The van der Waals surface area contributed by atoms with E-state index in [9.17, 15) is 0 Å². The van der Waals surface area contributed by atoms with Gasteiger partial charge >= 0.3 is 26.2 Å². The van der Waals surface area contributed by atoms with E-state index in [2.05, 4.69) is 97.5 Å². The maximum atomic E-state index is 5.18. The SMILES string of the molecule is Cc1c(C)c(NC(C)(C)c2ccccn2)c(C)c(C)c1[N-]C(C)(C)c1ccccn1.[CH2-]c1ccccc1.[CH2-]c1ccccc1.[CH2-]c1ccccc1.[Zr+4]. The number of aromatic nitrogens is 2. The van der Waals surface area contributed by atoms with Crippen molar-refractivity contribution in [3.05, 3.63) is 216 Å². The van der Waals surface area contributed by atoms with Crippen LogP contribution in [0.15, 0.2) is 140 Å². The predicted octanol–water partition coefficient (Wildman–Crippen LogP) is 12.6. The van der Waals surface area contributed by atoms with Gasteiger partial charge in [-0.3, -0.25) is 9.97 Å². The van der Waals surface area contributed by atoms with E-state index in [1.807, 2.05) is 134 Å². The molecule has 4 aromatic carbocycles. The van der Waals surface area contributed by atoms with Crippen LogP contribution in [-0.4, -0.2) is 9.97 Å². The first-order valence-electron chi connectivity index (χ1n) is 17.3. The molecule has 0 saturated carbocycles. The number of hydrogen-bond acceptors (Lipinski definition) is 3. The molecule has 0 saturated heterocycles. The van der Waals surface area contributed by atoms with Crippen molar-refractivity contribution < 1.29 is 26.2 Å². The summed E-state index contributed by atoms with van der Waals surface area (Å²) in [4.78, 5) is 9.10. The van der Waals surface area contributed by atoms with Crippen LogP contribution in [0.3, 0.4) is 0 Å². The zero-order valence-electron chi connectivity index (χ0n) is 32.2. The van der Waals surface area contributed by atoms with Gasteiger partial charge in [0.1, 0.15) is 0 Å². The number of nitrogens with zero attached hydrogens (tertiary/aromatic N) is 3. The van der Waals surface area contributed by atoms with Gasteiger partial charge in [-0.25, -0.2) is 0 Å². The molecular weight excluding hydrogens is 712 g/mol. The third kappa shape index (κ3) is 13.4. The second-order valence-corrected chi connectivity index (χ2v) is 13.5. The third-order valence-corrected chi connectivity index (χ3v) is 8.54. The first-order chi connectivity index (χ1) is 24.2. The Morgan fingerprint density at radius 1 is 0.481 bits per heavy atom. The maximum absolute atomic E-state index is 5.18. The Kier molecular flexibility index (Phi) is 17.5. The quantitative estimate of drug-likeness (QED) is 0.172. The Morgan fingerprint density at radius 2 is 0.827 bits per heavy atom. The average Bonchev–Trinajstić information content (AvgIpc) is 3.14. The molecule has 2 heterocycles. The van der Waals surface area contributed by atoms with Gasteiger partial charge in [0.15, 0.2) is 0 Å². The molecule has 0 fully saturated rings. The van der Waals surface area contributed by atoms with Crippen molar-refractivity contribution in [2.75, 3.05) is 5.32 Å². The normalized spacial score (nSPS) is 10.4. The van der Waals surface area contributed by atoms with Crippen LogP contribution in [0, 0.1) is 48.5 Å². The average molecular weight is 766 g/mol. The minimum atomic E-state index is -0.405. The fourth-order valence-electron chi connectivity index (χ4n) is 5.25. The van der Waals surface area contributed by atoms with Crippen LogP contribution in [0.2, 0.25) is 0 Å². The van der Waals surface area contributed by atoms with Crippen LogP contribution in [0.4, 0.5) is 11.4 Å². The molecule has 0 unspecified atom stereocenters. The molecule has 0 radical (unpaired) electrons. The summed E-state index contributed by atoms with van der Waals surface area (Å²) in [6, 6.07) is 41.7. The Morgan fingerprint density at radius 3 is 1.13 bits per heavy atom. The second kappa shape index (κ2) is 21.0. The largest absolute Gasteiger partial charge is 4.00 e. The number of pyridine rings is 2. The van der Waals surface area contributed by atoms with Crippen molar-refractivity contribution in [3.8, 4) is 0 Å². The van der Waals surface area contributed by atoms with Gasteiger partial charge in [-0.05, 0) is 76.9 Å². The van der Waals surface area contributed by atoms with Crippen LogP contribution in [0.1, 0.15) is 78.0 Å². The van der Waals surface area contributed by atoms with Gasteiger partial charge in [0, 0.05) is 23.8 Å². The third-order valence-electron chi connectivity index (χ3n) is 8.54. The van der Waals surface area contributed by atoms with Crippen LogP contribution in [-0.2, 0) is 37.3 Å². The van der Waals surface area contributed by atoms with Crippen molar-refractivity contribution in [2.45, 2.75) is 66.5 Å². The van der Waals surface area contributed by atoms with Gasteiger partial charge < -0.3 is 10.6 Å². The molecule has 6 rings (SSSR count). The Hall–Kier alpha value is -4.73. The van der Waals surface area contributed by atoms with Crippen LogP contribution in [0.25, 0.3) is 5.32 Å². The second-order valence-electron chi connectivity index (χ2n) is 13.5. The van der Waals surface area contributed by atoms with Crippen molar-refractivity contribution in [3.63, 3.8) is 0 Å². The van der Waals surface area contributed by atoms with Gasteiger partial charge in [-0.15, -0.1) is 42.1 Å². The van der Waals surface area contributed by atoms with Crippen molar-refractivity contribution in [1.29, 1.82) is 0 Å². The summed E-state index contributed by atoms with van der Waals surface area (Å²) in [7, 11) is 0. The predicted molar refractivity (Wildman–Crippen MR) is 219 cm³/mol. The summed E-state index contributed by atoms with van der Waals surface area (Å²) in [6.45, 7) is 28.4. The fourth-order valence-corrected chi connectivity index (χ4v) is 5.25. The molecule has 2 aromatic heterocycles. The van der Waals surface area contributed by atoms with E-state index in [4.69, 9.17) is 5.32 Å². The summed E-state index contributed by atoms with van der Waals surface area (Å²) >= 11 is 0. The van der Waals surface area contributed by atoms with Crippen LogP contribution >= 0.6 is 0 Å². The first kappa shape index (κ1) is 43.4. The molecule has 52 heavy (non-hydrogen) atoms. The number of anilines is 1. The molecule has 266 valence electrons. The number of nitrogens with one attached hydrogen (secondary N) is 1. The van der Waals surface area contributed by atoms with Gasteiger partial charge in [0.2, 0.25) is 0 Å². The van der Waals surface area contributed by atoms with E-state index in [1.54, 1.807) is 0 Å². The van der Waals surface area contributed by atoms with Crippen molar-refractivity contribution in [1.82, 2.24) is 9.97 Å². The molecule has 6 aromatic rings.